The van der Waals surface area contributed by atoms with Gasteiger partial charge < -0.3 is 0 Å². The van der Waals surface area contributed by atoms with Gasteiger partial charge in [0.25, 0.3) is 10.0 Å². The second-order valence-corrected chi connectivity index (χ2v) is 6.96. The summed E-state index contributed by atoms with van der Waals surface area (Å²) in [5.41, 5.74) is 1.18. The highest BCUT2D eigenvalue weighted by Crippen LogP contribution is 2.28. The van der Waals surface area contributed by atoms with Crippen LogP contribution < -0.4 is 0 Å². The molecule has 20 heavy (non-hydrogen) atoms. The number of rotatable bonds is 5. The molecule has 0 saturated carbocycles. The summed E-state index contributed by atoms with van der Waals surface area (Å²) in [5.74, 6) is 0. The highest BCUT2D eigenvalue weighted by Gasteiger charge is 2.35. The maximum atomic E-state index is 12.2. The summed E-state index contributed by atoms with van der Waals surface area (Å²) in [5, 5.41) is 1.77. The molecule has 7 heteroatoms. The lowest BCUT2D eigenvalue weighted by Crippen LogP contribution is -2.41. The Balaban J connectivity index is 1.77. The van der Waals surface area contributed by atoms with Gasteiger partial charge in [-0.05, 0) is 29.9 Å². The molecule has 5 nitrogen and oxygen atoms in total. The first kappa shape index (κ1) is 13.7. The van der Waals surface area contributed by atoms with Crippen LogP contribution in [-0.2, 0) is 32.5 Å². The first-order valence-corrected chi connectivity index (χ1v) is 8.41. The number of benzene rings is 1. The SMILES string of the molecule is O=S(=O)(c1ccsc1CCc1ccccc1)N1OCO1. The first-order chi connectivity index (χ1) is 9.68. The van der Waals surface area contributed by atoms with E-state index >= 15 is 0 Å². The van der Waals surface area contributed by atoms with E-state index < -0.39 is 10.0 Å². The molecule has 1 saturated heterocycles. The summed E-state index contributed by atoms with van der Waals surface area (Å²) >= 11 is 1.43. The molecule has 1 fully saturated rings. The van der Waals surface area contributed by atoms with E-state index in [4.69, 9.17) is 9.68 Å². The van der Waals surface area contributed by atoms with Crippen molar-refractivity contribution in [3.05, 3.63) is 52.2 Å². The molecule has 0 unspecified atom stereocenters. The normalized spacial score (nSPS) is 16.0. The Bertz CT molecular complexity index is 677. The van der Waals surface area contributed by atoms with Crippen molar-refractivity contribution in [1.82, 2.24) is 4.63 Å². The van der Waals surface area contributed by atoms with E-state index in [1.165, 1.54) is 16.9 Å². The Kier molecular flexibility index (Phi) is 3.86. The molecule has 1 aliphatic heterocycles. The monoisotopic (exact) mass is 311 g/mol. The minimum absolute atomic E-state index is 0.0251. The maximum Gasteiger partial charge on any atom is 0.290 e. The van der Waals surface area contributed by atoms with E-state index in [1.807, 2.05) is 30.3 Å². The molecule has 0 N–H and O–H groups in total. The molecular weight excluding hydrogens is 298 g/mol. The average molecular weight is 311 g/mol. The second-order valence-electron chi connectivity index (χ2n) is 4.27. The zero-order chi connectivity index (χ0) is 14.0. The van der Waals surface area contributed by atoms with Crippen molar-refractivity contribution >= 4 is 21.4 Å². The van der Waals surface area contributed by atoms with Gasteiger partial charge in [0.2, 0.25) is 0 Å². The van der Waals surface area contributed by atoms with E-state index in [9.17, 15) is 8.42 Å². The number of sulfonamides is 1. The summed E-state index contributed by atoms with van der Waals surface area (Å²) in [7, 11) is -3.69. The lowest BCUT2D eigenvalue weighted by molar-refractivity contribution is -0.464. The number of aryl methyl sites for hydroxylation is 2. The number of hydrogen-bond donors (Lipinski definition) is 0. The molecule has 0 amide bonds. The third kappa shape index (κ3) is 2.63. The van der Waals surface area contributed by atoms with Crippen LogP contribution in [0.25, 0.3) is 0 Å². The van der Waals surface area contributed by atoms with Gasteiger partial charge in [-0.15, -0.1) is 11.3 Å². The van der Waals surface area contributed by atoms with Crippen molar-refractivity contribution < 1.29 is 18.1 Å². The van der Waals surface area contributed by atoms with Crippen LogP contribution in [-0.4, -0.2) is 19.8 Å². The summed E-state index contributed by atoms with van der Waals surface area (Å²) in [6.45, 7) is -0.0251. The van der Waals surface area contributed by atoms with E-state index in [0.29, 0.717) is 11.1 Å². The highest BCUT2D eigenvalue weighted by atomic mass is 32.2. The molecule has 0 bridgehead atoms. The molecule has 3 rings (SSSR count). The summed E-state index contributed by atoms with van der Waals surface area (Å²) < 4.78 is 25.0. The molecule has 1 aliphatic rings. The summed E-state index contributed by atoms with van der Waals surface area (Å²) in [6, 6.07) is 11.6. The molecule has 106 valence electrons. The van der Waals surface area contributed by atoms with Crippen LogP contribution in [0.2, 0.25) is 0 Å². The van der Waals surface area contributed by atoms with Gasteiger partial charge in [0, 0.05) is 4.88 Å². The molecule has 1 aromatic carbocycles. The Morgan fingerprint density at radius 2 is 1.85 bits per heavy atom. The molecule has 0 atom stereocenters. The van der Waals surface area contributed by atoms with E-state index in [-0.39, 0.29) is 11.7 Å². The van der Waals surface area contributed by atoms with E-state index in [1.54, 1.807) is 11.4 Å². The van der Waals surface area contributed by atoms with Gasteiger partial charge in [-0.2, -0.15) is 0 Å². The van der Waals surface area contributed by atoms with Crippen molar-refractivity contribution in [3.63, 3.8) is 0 Å². The quantitative estimate of drug-likeness (QED) is 0.850. The predicted molar refractivity (Wildman–Crippen MR) is 74.2 cm³/mol. The minimum Gasteiger partial charge on any atom is -0.229 e. The van der Waals surface area contributed by atoms with E-state index in [2.05, 4.69) is 0 Å². The van der Waals surface area contributed by atoms with Crippen LogP contribution in [0.4, 0.5) is 0 Å². The minimum atomic E-state index is -3.69. The van der Waals surface area contributed by atoms with Gasteiger partial charge in [-0.1, -0.05) is 30.3 Å². The van der Waals surface area contributed by atoms with E-state index in [0.717, 1.165) is 11.3 Å². The van der Waals surface area contributed by atoms with Crippen LogP contribution in [0, 0.1) is 0 Å². The summed E-state index contributed by atoms with van der Waals surface area (Å²) in [4.78, 5) is 10.6. The van der Waals surface area contributed by atoms with Gasteiger partial charge in [0.1, 0.15) is 4.90 Å². The molecular formula is C13H13NO4S2. The van der Waals surface area contributed by atoms with Crippen molar-refractivity contribution in [1.29, 1.82) is 0 Å². The number of thiophene rings is 1. The van der Waals surface area contributed by atoms with Crippen molar-refractivity contribution in [2.45, 2.75) is 17.7 Å². The van der Waals surface area contributed by atoms with Crippen LogP contribution in [0.15, 0.2) is 46.7 Å². The lowest BCUT2D eigenvalue weighted by Gasteiger charge is -2.27. The second kappa shape index (κ2) is 5.63. The predicted octanol–water partition coefficient (Wildman–Crippen LogP) is 2.36. The third-order valence-corrected chi connectivity index (χ3v) is 5.63. The van der Waals surface area contributed by atoms with Gasteiger partial charge in [0.05, 0.1) is 4.63 Å². The van der Waals surface area contributed by atoms with Crippen LogP contribution in [0.3, 0.4) is 0 Å². The van der Waals surface area contributed by atoms with Crippen LogP contribution >= 0.6 is 11.3 Å². The highest BCUT2D eigenvalue weighted by molar-refractivity contribution is 7.89. The standard InChI is InChI=1S/C13H13NO4S2/c15-20(16,14-17-10-18-14)13-8-9-19-12(13)7-6-11-4-2-1-3-5-11/h1-5,8-9H,6-7,10H2. The zero-order valence-corrected chi connectivity index (χ0v) is 12.2. The van der Waals surface area contributed by atoms with Gasteiger partial charge in [-0.3, -0.25) is 0 Å². The molecule has 0 aliphatic carbocycles. The fraction of sp³-hybridized carbons (Fsp3) is 0.231. The first-order valence-electron chi connectivity index (χ1n) is 6.09. The maximum absolute atomic E-state index is 12.2. The van der Waals surface area contributed by atoms with Crippen molar-refractivity contribution in [3.8, 4) is 0 Å². The topological polar surface area (TPSA) is 55.8 Å². The molecule has 2 heterocycles. The zero-order valence-electron chi connectivity index (χ0n) is 10.6. The van der Waals surface area contributed by atoms with Crippen molar-refractivity contribution in [2.24, 2.45) is 0 Å². The fourth-order valence-corrected chi connectivity index (χ4v) is 4.43. The Morgan fingerprint density at radius 3 is 2.50 bits per heavy atom. The van der Waals surface area contributed by atoms with Crippen LogP contribution in [0.5, 0.6) is 0 Å². The fourth-order valence-electron chi connectivity index (χ4n) is 1.96. The third-order valence-electron chi connectivity index (χ3n) is 2.98. The van der Waals surface area contributed by atoms with Gasteiger partial charge in [0.15, 0.2) is 6.79 Å². The molecule has 0 spiro atoms. The largest absolute Gasteiger partial charge is 0.290 e. The van der Waals surface area contributed by atoms with Gasteiger partial charge >= 0.3 is 0 Å². The molecule has 0 radical (unpaired) electrons. The summed E-state index contributed by atoms with van der Waals surface area (Å²) in [6.07, 6.45) is 1.47. The Morgan fingerprint density at radius 1 is 1.10 bits per heavy atom. The smallest absolute Gasteiger partial charge is 0.229 e. The average Bonchev–Trinajstić information content (AvgIpc) is 2.84. The van der Waals surface area contributed by atoms with Crippen LogP contribution in [0.1, 0.15) is 10.4 Å². The Hall–Kier alpha value is -1.25. The molecule has 2 aromatic rings. The van der Waals surface area contributed by atoms with Gasteiger partial charge in [-0.25, -0.2) is 18.1 Å². The van der Waals surface area contributed by atoms with Crippen molar-refractivity contribution in [2.75, 3.05) is 6.79 Å². The lowest BCUT2D eigenvalue weighted by atomic mass is 10.1. The number of nitrogens with zero attached hydrogens (tertiary/aromatic N) is 1. The molecule has 1 aromatic heterocycles. The Labute approximate surface area is 121 Å². The number of hydrogen-bond acceptors (Lipinski definition) is 5.